The fraction of sp³-hybridized carbons (Fsp3) is 0.842. The molecule has 0 aliphatic rings. The molecule has 0 saturated heterocycles. The van der Waals surface area contributed by atoms with Crippen LogP contribution in [0.5, 0.6) is 0 Å². The van der Waals surface area contributed by atoms with E-state index in [4.69, 9.17) is 9.05 Å². The highest BCUT2D eigenvalue weighted by Crippen LogP contribution is 2.38. The number of nitrogens with one attached hydrogen (secondary N) is 1. The number of unbranched alkanes of at least 4 members (excludes halogenated alkanes) is 32. The lowest BCUT2D eigenvalue weighted by Crippen LogP contribution is -2.45. The van der Waals surface area contributed by atoms with E-state index in [1.54, 1.807) is 6.08 Å². The first kappa shape index (κ1) is 64.5. The van der Waals surface area contributed by atoms with Crippen molar-refractivity contribution in [1.29, 1.82) is 0 Å². The van der Waals surface area contributed by atoms with Gasteiger partial charge in [-0.05, 0) is 57.8 Å². The van der Waals surface area contributed by atoms with Crippen LogP contribution in [0.2, 0.25) is 0 Å². The number of likely N-dealkylation sites (N-methyl/N-ethyl adjacent to an activating group) is 1. The fourth-order valence-corrected chi connectivity index (χ4v) is 8.83. The van der Waals surface area contributed by atoms with Crippen molar-refractivity contribution in [2.45, 2.75) is 270 Å². The molecule has 0 radical (unpaired) electrons. The molecule has 0 spiro atoms. The van der Waals surface area contributed by atoms with Crippen LogP contribution >= 0.6 is 7.82 Å². The topological polar surface area (TPSA) is 108 Å². The number of phosphoric ester groups is 1. The van der Waals surface area contributed by atoms with E-state index in [2.05, 4.69) is 55.6 Å². The molecule has 3 unspecified atom stereocenters. The van der Waals surface area contributed by atoms with Crippen LogP contribution in [0, 0.1) is 0 Å². The van der Waals surface area contributed by atoms with Crippen molar-refractivity contribution < 1.29 is 32.9 Å². The number of carbonyl (C=O) groups is 1. The molecule has 8 nitrogen and oxygen atoms in total. The lowest BCUT2D eigenvalue weighted by Gasteiger charge is -2.29. The molecular weight excluding hydrogens is 840 g/mol. The predicted octanol–water partition coefficient (Wildman–Crippen LogP) is 16.1. The Morgan fingerprint density at radius 1 is 0.530 bits per heavy atom. The normalized spacial score (nSPS) is 14.3. The number of aliphatic hydroxyl groups is 1. The Bertz CT molecular complexity index is 1210. The zero-order chi connectivity index (χ0) is 48.5. The van der Waals surface area contributed by atoms with Gasteiger partial charge < -0.3 is 28.8 Å². The van der Waals surface area contributed by atoms with Crippen LogP contribution in [0.4, 0.5) is 0 Å². The highest BCUT2D eigenvalue weighted by Gasteiger charge is 2.23. The number of carbonyl (C=O) groups excluding carboxylic acids is 1. The zero-order valence-electron chi connectivity index (χ0n) is 44.1. The maximum Gasteiger partial charge on any atom is 0.268 e. The maximum atomic E-state index is 13.0. The van der Waals surface area contributed by atoms with E-state index in [-0.39, 0.29) is 19.1 Å². The highest BCUT2D eigenvalue weighted by molar-refractivity contribution is 7.45. The number of hydrogen-bond donors (Lipinski definition) is 2. The number of quaternary nitrogens is 1. The lowest BCUT2D eigenvalue weighted by molar-refractivity contribution is -0.870. The minimum Gasteiger partial charge on any atom is -0.756 e. The van der Waals surface area contributed by atoms with Crippen LogP contribution in [-0.2, 0) is 18.4 Å². The van der Waals surface area contributed by atoms with Gasteiger partial charge in [0.25, 0.3) is 7.82 Å². The number of aliphatic hydroxyl groups excluding tert-OH is 1. The molecule has 0 aliphatic carbocycles. The summed E-state index contributed by atoms with van der Waals surface area (Å²) in [7, 11) is 1.26. The Morgan fingerprint density at radius 3 is 1.27 bits per heavy atom. The summed E-state index contributed by atoms with van der Waals surface area (Å²) in [6.07, 6.45) is 63.1. The van der Waals surface area contributed by atoms with Crippen LogP contribution in [-0.4, -0.2) is 68.5 Å². The predicted molar refractivity (Wildman–Crippen MR) is 284 cm³/mol. The summed E-state index contributed by atoms with van der Waals surface area (Å²) in [6, 6.07) is -0.890. The lowest BCUT2D eigenvalue weighted by atomic mass is 10.0. The first-order chi connectivity index (χ1) is 32.0. The third-order valence-corrected chi connectivity index (χ3v) is 13.5. The average molecular weight is 949 g/mol. The van der Waals surface area contributed by atoms with E-state index in [1.165, 1.54) is 186 Å². The average Bonchev–Trinajstić information content (AvgIpc) is 3.28. The molecule has 1 amide bonds. The summed E-state index contributed by atoms with van der Waals surface area (Å²) >= 11 is 0. The van der Waals surface area contributed by atoms with Crippen molar-refractivity contribution in [1.82, 2.24) is 5.32 Å². The molecule has 3 atom stereocenters. The van der Waals surface area contributed by atoms with Gasteiger partial charge in [0, 0.05) is 6.42 Å². The second-order valence-electron chi connectivity index (χ2n) is 20.3. The van der Waals surface area contributed by atoms with Gasteiger partial charge in [-0.15, -0.1) is 0 Å². The van der Waals surface area contributed by atoms with Crippen LogP contribution in [0.3, 0.4) is 0 Å². The van der Waals surface area contributed by atoms with Gasteiger partial charge in [-0.3, -0.25) is 9.36 Å². The summed E-state index contributed by atoms with van der Waals surface area (Å²) in [5.41, 5.74) is 0. The SMILES string of the molecule is CCCCCCC/C=C\C/C=C\C/C=C\CCCCCCCCCCCCC(=O)NC(COP(=O)([O-])OCC[N+](C)(C)C)C(O)/C=C/CCCCCCCCCCCCCCCCCCC. The minimum atomic E-state index is -4.60. The highest BCUT2D eigenvalue weighted by atomic mass is 31.2. The van der Waals surface area contributed by atoms with E-state index in [0.29, 0.717) is 17.4 Å². The molecule has 0 saturated carbocycles. The molecule has 0 aromatic rings. The number of allylic oxidation sites excluding steroid dienone is 7. The number of nitrogens with zero attached hydrogens (tertiary/aromatic N) is 1. The molecule has 0 rings (SSSR count). The van der Waals surface area contributed by atoms with E-state index >= 15 is 0 Å². The zero-order valence-corrected chi connectivity index (χ0v) is 45.0. The first-order valence-electron chi connectivity index (χ1n) is 28.0. The molecule has 2 N–H and O–H groups in total. The summed E-state index contributed by atoms with van der Waals surface area (Å²) < 4.78 is 23.3. The second-order valence-corrected chi connectivity index (χ2v) is 21.7. The summed E-state index contributed by atoms with van der Waals surface area (Å²) in [4.78, 5) is 25.5. The Morgan fingerprint density at radius 2 is 0.879 bits per heavy atom. The molecule has 0 aliphatic heterocycles. The molecule has 0 aromatic carbocycles. The van der Waals surface area contributed by atoms with Crippen molar-refractivity contribution in [3.63, 3.8) is 0 Å². The first-order valence-corrected chi connectivity index (χ1v) is 29.5. The number of hydrogen-bond acceptors (Lipinski definition) is 6. The van der Waals surface area contributed by atoms with Crippen LogP contribution in [0.25, 0.3) is 0 Å². The molecule has 0 fully saturated rings. The summed E-state index contributed by atoms with van der Waals surface area (Å²) in [5, 5.41) is 13.9. The quantitative estimate of drug-likeness (QED) is 0.0272. The molecule has 9 heteroatoms. The van der Waals surface area contributed by atoms with Crippen LogP contribution in [0.15, 0.2) is 48.6 Å². The van der Waals surface area contributed by atoms with Crippen molar-refractivity contribution >= 4 is 13.7 Å². The molecule has 66 heavy (non-hydrogen) atoms. The Labute approximate surface area is 409 Å². The van der Waals surface area contributed by atoms with Crippen molar-refractivity contribution in [2.75, 3.05) is 40.9 Å². The van der Waals surface area contributed by atoms with E-state index in [0.717, 1.165) is 51.4 Å². The molecular formula is C57H109N2O6P. The Balaban J connectivity index is 4.25. The van der Waals surface area contributed by atoms with E-state index in [9.17, 15) is 19.4 Å². The minimum absolute atomic E-state index is 0.00247. The number of rotatable bonds is 51. The van der Waals surface area contributed by atoms with Crippen molar-refractivity contribution in [3.05, 3.63) is 48.6 Å². The molecule has 0 heterocycles. The Kier molecular flexibility index (Phi) is 47.4. The maximum absolute atomic E-state index is 13.0. The largest absolute Gasteiger partial charge is 0.756 e. The Hall–Kier alpha value is -1.54. The van der Waals surface area contributed by atoms with Gasteiger partial charge >= 0.3 is 0 Å². The molecule has 0 bridgehead atoms. The summed E-state index contributed by atoms with van der Waals surface area (Å²) in [5.74, 6) is -0.200. The van der Waals surface area contributed by atoms with Crippen molar-refractivity contribution in [2.24, 2.45) is 0 Å². The van der Waals surface area contributed by atoms with Gasteiger partial charge in [-0.1, -0.05) is 242 Å². The van der Waals surface area contributed by atoms with Gasteiger partial charge in [0.15, 0.2) is 0 Å². The second kappa shape index (κ2) is 48.5. The van der Waals surface area contributed by atoms with Gasteiger partial charge in [0.2, 0.25) is 5.91 Å². The third-order valence-electron chi connectivity index (χ3n) is 12.5. The van der Waals surface area contributed by atoms with E-state index < -0.39 is 20.0 Å². The van der Waals surface area contributed by atoms with E-state index in [1.807, 2.05) is 27.2 Å². The standard InChI is InChI=1S/C57H109N2O6P/c1-6-8-10-12-14-16-18-20-22-24-26-27-28-29-30-31-33-35-37-39-41-43-45-47-49-51-57(61)58-55(54-65-66(62,63)64-53-52-59(3,4)5)56(60)50-48-46-44-42-40-38-36-34-32-25-23-21-19-17-15-13-11-9-7-2/h18,20,24,26,28-29,48,50,55-56,60H,6-17,19,21-23,25,27,30-47,49,51-54H2,1-5H3,(H-,58,61,62,63)/b20-18-,26-24-,29-28-,50-48+. The molecule has 388 valence electrons. The van der Waals surface area contributed by atoms with Crippen LogP contribution < -0.4 is 10.2 Å². The van der Waals surface area contributed by atoms with Gasteiger partial charge in [-0.2, -0.15) is 0 Å². The van der Waals surface area contributed by atoms with Gasteiger partial charge in [0.05, 0.1) is 39.9 Å². The monoisotopic (exact) mass is 949 g/mol. The number of phosphoric acid groups is 1. The summed E-state index contributed by atoms with van der Waals surface area (Å²) in [6.45, 7) is 4.66. The smallest absolute Gasteiger partial charge is 0.268 e. The van der Waals surface area contributed by atoms with Gasteiger partial charge in [0.1, 0.15) is 13.2 Å². The number of amides is 1. The fourth-order valence-electron chi connectivity index (χ4n) is 8.10. The molecule has 0 aromatic heterocycles. The third kappa shape index (κ3) is 50.3. The van der Waals surface area contributed by atoms with Gasteiger partial charge in [-0.25, -0.2) is 0 Å². The van der Waals surface area contributed by atoms with Crippen molar-refractivity contribution in [3.8, 4) is 0 Å². The van der Waals surface area contributed by atoms with Crippen LogP contribution in [0.1, 0.15) is 258 Å².